The monoisotopic (exact) mass is 429 g/mol. The summed E-state index contributed by atoms with van der Waals surface area (Å²) in [5.41, 5.74) is 5.52. The van der Waals surface area contributed by atoms with Crippen LogP contribution in [-0.4, -0.2) is 18.0 Å². The van der Waals surface area contributed by atoms with Crippen LogP contribution in [-0.2, 0) is 22.7 Å². The van der Waals surface area contributed by atoms with Crippen LogP contribution in [0.4, 0.5) is 0 Å². The summed E-state index contributed by atoms with van der Waals surface area (Å²) in [5.74, 6) is 0. The highest BCUT2D eigenvalue weighted by Gasteiger charge is 2.42. The highest BCUT2D eigenvalue weighted by Crippen LogP contribution is 2.53. The number of rotatable bonds is 8. The zero-order valence-electron chi connectivity index (χ0n) is 17.8. The Hall–Kier alpha value is -1.02. The molecule has 3 heteroatoms. The number of benzene rings is 2. The van der Waals surface area contributed by atoms with E-state index in [4.69, 9.17) is 23.2 Å². The van der Waals surface area contributed by atoms with Gasteiger partial charge in [0.1, 0.15) is 0 Å². The van der Waals surface area contributed by atoms with Gasteiger partial charge in [0.25, 0.3) is 0 Å². The third-order valence-electron chi connectivity index (χ3n) is 7.27. The van der Waals surface area contributed by atoms with E-state index in [1.165, 1.54) is 35.1 Å². The number of alkyl halides is 2. The Morgan fingerprint density at radius 1 is 0.862 bits per heavy atom. The maximum absolute atomic E-state index is 7.05. The molecule has 0 radical (unpaired) electrons. The van der Waals surface area contributed by atoms with Crippen LogP contribution in [0.3, 0.4) is 0 Å². The van der Waals surface area contributed by atoms with E-state index >= 15 is 0 Å². The lowest BCUT2D eigenvalue weighted by molar-refractivity contribution is 0.237. The second kappa shape index (κ2) is 8.61. The molecule has 0 saturated heterocycles. The first-order valence-electron chi connectivity index (χ1n) is 11.2. The molecule has 4 rings (SSSR count). The van der Waals surface area contributed by atoms with E-state index in [2.05, 4.69) is 67.4 Å². The minimum absolute atomic E-state index is 0.165. The fourth-order valence-electron chi connectivity index (χ4n) is 4.81. The molecule has 2 aliphatic rings. The first kappa shape index (κ1) is 21.2. The van der Waals surface area contributed by atoms with Gasteiger partial charge in [0.2, 0.25) is 0 Å². The van der Waals surface area contributed by atoms with Crippen molar-refractivity contribution in [3.05, 3.63) is 70.8 Å². The molecule has 2 fully saturated rings. The lowest BCUT2D eigenvalue weighted by Crippen LogP contribution is -2.34. The topological polar surface area (TPSA) is 3.24 Å². The predicted octanol–water partition coefficient (Wildman–Crippen LogP) is 7.38. The average Bonchev–Trinajstić information content (AvgIpc) is 2.69. The van der Waals surface area contributed by atoms with Crippen molar-refractivity contribution < 1.29 is 0 Å². The number of nitrogens with zero attached hydrogens (tertiary/aromatic N) is 1. The summed E-state index contributed by atoms with van der Waals surface area (Å²) in [6.07, 6.45) is 8.98. The van der Waals surface area contributed by atoms with Gasteiger partial charge in [-0.05, 0) is 87.6 Å². The molecule has 29 heavy (non-hydrogen) atoms. The third-order valence-corrected chi connectivity index (χ3v) is 8.44. The van der Waals surface area contributed by atoms with Crippen LogP contribution in [0.1, 0.15) is 74.1 Å². The Morgan fingerprint density at radius 2 is 1.41 bits per heavy atom. The lowest BCUT2D eigenvalue weighted by atomic mass is 9.71. The normalized spacial score (nSPS) is 20.7. The van der Waals surface area contributed by atoms with Crippen molar-refractivity contribution >= 4 is 23.2 Å². The lowest BCUT2D eigenvalue weighted by Gasteiger charge is -2.42. The van der Waals surface area contributed by atoms with E-state index < -0.39 is 0 Å². The van der Waals surface area contributed by atoms with E-state index in [-0.39, 0.29) is 9.75 Å². The predicted molar refractivity (Wildman–Crippen MR) is 125 cm³/mol. The van der Waals surface area contributed by atoms with E-state index in [1.807, 2.05) is 0 Å². The fraction of sp³-hybridized carbons (Fsp3) is 0.538. The molecular weight excluding hydrogens is 397 g/mol. The Labute approximate surface area is 186 Å². The zero-order valence-corrected chi connectivity index (χ0v) is 19.3. The average molecular weight is 430 g/mol. The van der Waals surface area contributed by atoms with Crippen LogP contribution in [0.25, 0.3) is 0 Å². The van der Waals surface area contributed by atoms with Gasteiger partial charge in [0, 0.05) is 12.6 Å². The molecule has 0 N–H and O–H groups in total. The number of hydrogen-bond acceptors (Lipinski definition) is 1. The number of hydrogen-bond donors (Lipinski definition) is 0. The molecule has 1 unspecified atom stereocenters. The molecule has 0 aromatic heterocycles. The molecule has 0 heterocycles. The standard InChI is InChI=1S/C26H33Cl2N/c1-20(29(2)19-21-9-4-3-5-10-21)13-14-22-23(25(27)15-7-16-25)11-6-12-24(22)26(28)17-8-18-26/h3-6,9-12,20H,7-8,13-19H2,1-2H3. The summed E-state index contributed by atoms with van der Waals surface area (Å²) >= 11 is 14.1. The molecule has 1 nitrogen and oxygen atoms in total. The van der Waals surface area contributed by atoms with Crippen molar-refractivity contribution in [3.63, 3.8) is 0 Å². The molecular formula is C26H33Cl2N. The van der Waals surface area contributed by atoms with Gasteiger partial charge in [-0.1, -0.05) is 48.5 Å². The molecule has 0 spiro atoms. The first-order chi connectivity index (χ1) is 13.9. The van der Waals surface area contributed by atoms with Crippen molar-refractivity contribution in [2.75, 3.05) is 7.05 Å². The Kier molecular flexibility index (Phi) is 6.30. The Morgan fingerprint density at radius 3 is 1.90 bits per heavy atom. The molecule has 2 aromatic carbocycles. The summed E-state index contributed by atoms with van der Waals surface area (Å²) in [4.78, 5) is 2.13. The Bertz CT molecular complexity index is 786. The van der Waals surface area contributed by atoms with Gasteiger partial charge in [-0.15, -0.1) is 23.2 Å². The fourth-order valence-corrected chi connectivity index (χ4v) is 5.70. The van der Waals surface area contributed by atoms with Crippen LogP contribution >= 0.6 is 23.2 Å². The summed E-state index contributed by atoms with van der Waals surface area (Å²) in [7, 11) is 2.23. The van der Waals surface area contributed by atoms with Gasteiger partial charge >= 0.3 is 0 Å². The molecule has 2 aliphatic carbocycles. The van der Waals surface area contributed by atoms with Gasteiger partial charge in [0.05, 0.1) is 9.75 Å². The van der Waals surface area contributed by atoms with Crippen LogP contribution in [0, 0.1) is 0 Å². The Balaban J connectivity index is 1.52. The van der Waals surface area contributed by atoms with E-state index in [9.17, 15) is 0 Å². The maximum atomic E-state index is 7.05. The van der Waals surface area contributed by atoms with Gasteiger partial charge < -0.3 is 0 Å². The van der Waals surface area contributed by atoms with Crippen molar-refractivity contribution in [2.24, 2.45) is 0 Å². The van der Waals surface area contributed by atoms with Crippen LogP contribution in [0.2, 0.25) is 0 Å². The van der Waals surface area contributed by atoms with Gasteiger partial charge in [0.15, 0.2) is 0 Å². The molecule has 2 saturated carbocycles. The van der Waals surface area contributed by atoms with Gasteiger partial charge in [-0.25, -0.2) is 0 Å². The summed E-state index contributed by atoms with van der Waals surface area (Å²) < 4.78 is 0. The highest BCUT2D eigenvalue weighted by molar-refractivity contribution is 6.25. The largest absolute Gasteiger partial charge is 0.299 e. The summed E-state index contributed by atoms with van der Waals surface area (Å²) in [6.45, 7) is 3.32. The zero-order chi connectivity index (χ0) is 20.5. The van der Waals surface area contributed by atoms with Crippen molar-refractivity contribution in [1.29, 1.82) is 0 Å². The van der Waals surface area contributed by atoms with E-state index in [0.717, 1.165) is 45.1 Å². The quantitative estimate of drug-likeness (QED) is 0.395. The minimum Gasteiger partial charge on any atom is -0.299 e. The smallest absolute Gasteiger partial charge is 0.0697 e. The van der Waals surface area contributed by atoms with Gasteiger partial charge in [-0.3, -0.25) is 4.90 Å². The van der Waals surface area contributed by atoms with Crippen LogP contribution in [0.15, 0.2) is 48.5 Å². The molecule has 1 atom stereocenters. The molecule has 0 aliphatic heterocycles. The van der Waals surface area contributed by atoms with E-state index in [1.54, 1.807) is 0 Å². The molecule has 0 bridgehead atoms. The maximum Gasteiger partial charge on any atom is 0.0697 e. The van der Waals surface area contributed by atoms with E-state index in [0.29, 0.717) is 6.04 Å². The van der Waals surface area contributed by atoms with Crippen LogP contribution in [0.5, 0.6) is 0 Å². The van der Waals surface area contributed by atoms with Crippen molar-refractivity contribution in [2.45, 2.75) is 80.6 Å². The molecule has 156 valence electrons. The second-order valence-corrected chi connectivity index (χ2v) is 10.7. The van der Waals surface area contributed by atoms with Gasteiger partial charge in [-0.2, -0.15) is 0 Å². The highest BCUT2D eigenvalue weighted by atomic mass is 35.5. The summed E-state index contributed by atoms with van der Waals surface area (Å²) in [5, 5.41) is 0. The minimum atomic E-state index is -0.165. The summed E-state index contributed by atoms with van der Waals surface area (Å²) in [6, 6.07) is 17.9. The SMILES string of the molecule is CC(CCc1c(C2(Cl)CCC2)cccc1C1(Cl)CCC1)N(C)Cc1ccccc1. The van der Waals surface area contributed by atoms with Crippen molar-refractivity contribution in [3.8, 4) is 0 Å². The third kappa shape index (κ3) is 4.38. The number of halogens is 2. The van der Waals surface area contributed by atoms with Crippen LogP contribution < -0.4 is 0 Å². The molecule has 2 aromatic rings. The van der Waals surface area contributed by atoms with Crippen molar-refractivity contribution in [1.82, 2.24) is 4.90 Å². The molecule has 0 amide bonds. The first-order valence-corrected chi connectivity index (χ1v) is 11.9. The second-order valence-electron chi connectivity index (χ2n) is 9.26.